The molecule has 0 unspecified atom stereocenters. The fourth-order valence-corrected chi connectivity index (χ4v) is 2.23. The number of benzene rings is 1. The van der Waals surface area contributed by atoms with Crippen molar-refractivity contribution in [2.45, 2.75) is 46.7 Å². The van der Waals surface area contributed by atoms with Crippen LogP contribution in [0.3, 0.4) is 0 Å². The average molecular weight is 330 g/mol. The normalized spacial score (nSPS) is 12.4. The number of aromatic nitrogens is 1. The summed E-state index contributed by atoms with van der Waals surface area (Å²) >= 11 is 0. The molecule has 130 valence electrons. The zero-order valence-corrected chi connectivity index (χ0v) is 15.0. The van der Waals surface area contributed by atoms with Gasteiger partial charge in [-0.1, -0.05) is 32.9 Å². The Balaban J connectivity index is 2.18. The van der Waals surface area contributed by atoms with E-state index in [0.29, 0.717) is 30.8 Å². The topological polar surface area (TPSA) is 34.1 Å². The summed E-state index contributed by atoms with van der Waals surface area (Å²) in [5.41, 5.74) is 2.13. The lowest BCUT2D eigenvalue weighted by Crippen LogP contribution is -2.30. The maximum Gasteiger partial charge on any atom is 0.146 e. The van der Waals surface area contributed by atoms with E-state index in [9.17, 15) is 4.39 Å². The molecule has 1 aromatic carbocycles. The number of nitrogens with zero attached hydrogens (tertiary/aromatic N) is 1. The van der Waals surface area contributed by atoms with Crippen LogP contribution in [0, 0.1) is 11.7 Å². The van der Waals surface area contributed by atoms with Gasteiger partial charge in [0.15, 0.2) is 0 Å². The molecule has 0 amide bonds. The quantitative estimate of drug-likeness (QED) is 0.754. The molecule has 0 fully saturated rings. The largest absolute Gasteiger partial charge is 0.494 e. The summed E-state index contributed by atoms with van der Waals surface area (Å²) in [5, 5.41) is 3.33. The molecule has 0 aliphatic heterocycles. The highest BCUT2D eigenvalue weighted by atomic mass is 19.1. The van der Waals surface area contributed by atoms with Gasteiger partial charge in [0.25, 0.3) is 0 Å². The highest BCUT2D eigenvalue weighted by Crippen LogP contribution is 2.23. The standard InChI is InChI=1S/C20H27FN2O/c1-5-11-24-17-8-6-7-16(12-17)19-10-9-18(21)20(23-19)13-22-15(4)14(2)3/h6-10,12,14-15,22H,5,11,13H2,1-4H3/t15-/m1/s1. The Hall–Kier alpha value is -1.94. The predicted octanol–water partition coefficient (Wildman–Crippen LogP) is 4.81. The van der Waals surface area contributed by atoms with E-state index in [1.54, 1.807) is 6.07 Å². The van der Waals surface area contributed by atoms with Gasteiger partial charge in [-0.25, -0.2) is 9.37 Å². The third-order valence-electron chi connectivity index (χ3n) is 4.11. The monoisotopic (exact) mass is 330 g/mol. The van der Waals surface area contributed by atoms with E-state index in [1.165, 1.54) is 6.07 Å². The summed E-state index contributed by atoms with van der Waals surface area (Å²) in [6, 6.07) is 11.3. The highest BCUT2D eigenvalue weighted by molar-refractivity contribution is 5.61. The lowest BCUT2D eigenvalue weighted by Gasteiger charge is -2.17. The van der Waals surface area contributed by atoms with Gasteiger partial charge in [-0.15, -0.1) is 0 Å². The Morgan fingerprint density at radius 2 is 1.96 bits per heavy atom. The second kappa shape index (κ2) is 8.78. The Kier molecular flexibility index (Phi) is 6.73. The van der Waals surface area contributed by atoms with Gasteiger partial charge in [-0.05, 0) is 43.5 Å². The van der Waals surface area contributed by atoms with Crippen molar-refractivity contribution in [3.8, 4) is 17.0 Å². The minimum absolute atomic E-state index is 0.277. The van der Waals surface area contributed by atoms with Crippen LogP contribution in [0.1, 0.15) is 39.8 Å². The second-order valence-electron chi connectivity index (χ2n) is 6.41. The van der Waals surface area contributed by atoms with Crippen LogP contribution in [0.5, 0.6) is 5.75 Å². The Labute approximate surface area is 144 Å². The molecule has 2 rings (SSSR count). The smallest absolute Gasteiger partial charge is 0.146 e. The molecule has 0 radical (unpaired) electrons. The van der Waals surface area contributed by atoms with Gasteiger partial charge in [0.05, 0.1) is 18.0 Å². The van der Waals surface area contributed by atoms with Gasteiger partial charge in [-0.3, -0.25) is 0 Å². The van der Waals surface area contributed by atoms with E-state index in [0.717, 1.165) is 23.4 Å². The van der Waals surface area contributed by atoms with Crippen LogP contribution >= 0.6 is 0 Å². The number of halogens is 1. The van der Waals surface area contributed by atoms with Crippen molar-refractivity contribution in [2.75, 3.05) is 6.61 Å². The molecule has 0 bridgehead atoms. The molecule has 4 heteroatoms. The third kappa shape index (κ3) is 5.03. The number of ether oxygens (including phenoxy) is 1. The molecule has 1 aromatic heterocycles. The molecule has 1 N–H and O–H groups in total. The number of pyridine rings is 1. The van der Waals surface area contributed by atoms with Crippen molar-refractivity contribution >= 4 is 0 Å². The van der Waals surface area contributed by atoms with Crippen molar-refractivity contribution < 1.29 is 9.13 Å². The maximum atomic E-state index is 14.1. The van der Waals surface area contributed by atoms with Crippen LogP contribution in [0.25, 0.3) is 11.3 Å². The lowest BCUT2D eigenvalue weighted by atomic mass is 10.1. The molecular weight excluding hydrogens is 303 g/mol. The first-order chi connectivity index (χ1) is 11.5. The first-order valence-electron chi connectivity index (χ1n) is 8.63. The average Bonchev–Trinajstić information content (AvgIpc) is 2.59. The van der Waals surface area contributed by atoms with E-state index in [4.69, 9.17) is 4.74 Å². The first kappa shape index (κ1) is 18.4. The number of hydrogen-bond donors (Lipinski definition) is 1. The summed E-state index contributed by atoms with van der Waals surface area (Å²) in [5.74, 6) is 1.03. The zero-order valence-electron chi connectivity index (χ0n) is 15.0. The minimum atomic E-state index is -0.277. The number of rotatable bonds is 8. The second-order valence-corrected chi connectivity index (χ2v) is 6.41. The van der Waals surface area contributed by atoms with Crippen LogP contribution in [-0.4, -0.2) is 17.6 Å². The summed E-state index contributed by atoms with van der Waals surface area (Å²) in [7, 11) is 0. The Morgan fingerprint density at radius 1 is 1.17 bits per heavy atom. The van der Waals surface area contributed by atoms with E-state index in [-0.39, 0.29) is 5.82 Å². The molecule has 0 saturated carbocycles. The van der Waals surface area contributed by atoms with Gasteiger partial charge in [0.1, 0.15) is 11.6 Å². The van der Waals surface area contributed by atoms with Crippen molar-refractivity contribution in [1.82, 2.24) is 10.3 Å². The summed E-state index contributed by atoms with van der Waals surface area (Å²) in [6.45, 7) is 9.55. The molecule has 0 aliphatic carbocycles. The fraction of sp³-hybridized carbons (Fsp3) is 0.450. The predicted molar refractivity (Wildman–Crippen MR) is 96.6 cm³/mol. The molecule has 24 heavy (non-hydrogen) atoms. The molecule has 1 atom stereocenters. The molecule has 0 saturated heterocycles. The molecule has 0 spiro atoms. The zero-order chi connectivity index (χ0) is 17.5. The van der Waals surface area contributed by atoms with Crippen LogP contribution < -0.4 is 10.1 Å². The summed E-state index contributed by atoms with van der Waals surface area (Å²) in [6.07, 6.45) is 0.961. The van der Waals surface area contributed by atoms with Crippen LogP contribution in [0.2, 0.25) is 0 Å². The maximum absolute atomic E-state index is 14.1. The number of hydrogen-bond acceptors (Lipinski definition) is 3. The van der Waals surface area contributed by atoms with Crippen molar-refractivity contribution in [2.24, 2.45) is 5.92 Å². The van der Waals surface area contributed by atoms with Gasteiger partial charge in [0, 0.05) is 18.2 Å². The number of nitrogens with one attached hydrogen (secondary N) is 1. The molecular formula is C20H27FN2O. The summed E-state index contributed by atoms with van der Waals surface area (Å²) < 4.78 is 19.7. The van der Waals surface area contributed by atoms with Gasteiger partial charge in [-0.2, -0.15) is 0 Å². The van der Waals surface area contributed by atoms with Crippen molar-refractivity contribution in [3.05, 3.63) is 47.9 Å². The van der Waals surface area contributed by atoms with Crippen LogP contribution in [0.4, 0.5) is 4.39 Å². The molecule has 1 heterocycles. The van der Waals surface area contributed by atoms with E-state index >= 15 is 0 Å². The summed E-state index contributed by atoms with van der Waals surface area (Å²) in [4.78, 5) is 4.50. The third-order valence-corrected chi connectivity index (χ3v) is 4.11. The van der Waals surface area contributed by atoms with Crippen molar-refractivity contribution in [3.63, 3.8) is 0 Å². The molecule has 2 aromatic rings. The minimum Gasteiger partial charge on any atom is -0.494 e. The van der Waals surface area contributed by atoms with Crippen LogP contribution in [0.15, 0.2) is 36.4 Å². The lowest BCUT2D eigenvalue weighted by molar-refractivity contribution is 0.317. The Morgan fingerprint density at radius 3 is 2.67 bits per heavy atom. The van der Waals surface area contributed by atoms with Gasteiger partial charge < -0.3 is 10.1 Å². The first-order valence-corrected chi connectivity index (χ1v) is 8.63. The van der Waals surface area contributed by atoms with Gasteiger partial charge >= 0.3 is 0 Å². The highest BCUT2D eigenvalue weighted by Gasteiger charge is 2.11. The SMILES string of the molecule is CCCOc1cccc(-c2ccc(F)c(CN[C@H](C)C(C)C)n2)c1. The fourth-order valence-electron chi connectivity index (χ4n) is 2.23. The van der Waals surface area contributed by atoms with E-state index < -0.39 is 0 Å². The van der Waals surface area contributed by atoms with E-state index in [2.05, 4.69) is 38.0 Å². The van der Waals surface area contributed by atoms with Crippen molar-refractivity contribution in [1.29, 1.82) is 0 Å². The van der Waals surface area contributed by atoms with Gasteiger partial charge in [0.2, 0.25) is 0 Å². The molecule has 0 aliphatic rings. The Bertz CT molecular complexity index is 658. The molecule has 3 nitrogen and oxygen atoms in total. The van der Waals surface area contributed by atoms with E-state index in [1.807, 2.05) is 24.3 Å². The van der Waals surface area contributed by atoms with Crippen LogP contribution in [-0.2, 0) is 6.54 Å².